The molecule has 2 aromatic carbocycles. The molecule has 0 saturated heterocycles. The number of hydrogen-bond acceptors (Lipinski definition) is 3. The molecular weight excluding hydrogens is 250 g/mol. The van der Waals surface area contributed by atoms with Crippen LogP contribution in [0, 0.1) is 12.3 Å². The monoisotopic (exact) mass is 267 g/mol. The van der Waals surface area contributed by atoms with E-state index in [1.165, 1.54) is 0 Å². The van der Waals surface area contributed by atoms with Crippen molar-refractivity contribution in [1.82, 2.24) is 0 Å². The first-order chi connectivity index (χ1) is 9.78. The summed E-state index contributed by atoms with van der Waals surface area (Å²) in [6.45, 7) is 0. The van der Waals surface area contributed by atoms with Crippen molar-refractivity contribution in [3.05, 3.63) is 54.1 Å². The third-order valence-corrected chi connectivity index (χ3v) is 3.02. The summed E-state index contributed by atoms with van der Waals surface area (Å²) in [6.07, 6.45) is 5.63. The van der Waals surface area contributed by atoms with Crippen molar-refractivity contribution in [2.75, 3.05) is 19.5 Å². The lowest BCUT2D eigenvalue weighted by Crippen LogP contribution is -2.09. The first-order valence-corrected chi connectivity index (χ1v) is 6.28. The molecule has 0 heterocycles. The smallest absolute Gasteiger partial charge is 0.141 e. The van der Waals surface area contributed by atoms with Gasteiger partial charge in [-0.2, -0.15) is 0 Å². The number of hydrogen-bond donors (Lipinski definition) is 1. The van der Waals surface area contributed by atoms with E-state index in [1.807, 2.05) is 48.5 Å². The molecule has 0 spiro atoms. The molecule has 20 heavy (non-hydrogen) atoms. The van der Waals surface area contributed by atoms with Crippen molar-refractivity contribution in [3.63, 3.8) is 0 Å². The fourth-order valence-electron chi connectivity index (χ4n) is 1.94. The van der Waals surface area contributed by atoms with Gasteiger partial charge in [0.1, 0.15) is 17.5 Å². The lowest BCUT2D eigenvalue weighted by Gasteiger charge is -2.17. The van der Waals surface area contributed by atoms with Gasteiger partial charge in [-0.3, -0.25) is 0 Å². The fraction of sp³-hybridized carbons (Fsp3) is 0.176. The van der Waals surface area contributed by atoms with E-state index >= 15 is 0 Å². The van der Waals surface area contributed by atoms with E-state index in [9.17, 15) is 0 Å². The van der Waals surface area contributed by atoms with Crippen LogP contribution in [0.3, 0.4) is 0 Å². The highest BCUT2D eigenvalue weighted by Crippen LogP contribution is 2.28. The second-order valence-electron chi connectivity index (χ2n) is 4.22. The molecule has 0 aliphatic carbocycles. The Hall–Kier alpha value is -2.60. The largest absolute Gasteiger partial charge is 0.497 e. The molecule has 0 unspecified atom stereocenters. The van der Waals surface area contributed by atoms with Gasteiger partial charge in [-0.15, -0.1) is 6.42 Å². The molecule has 3 nitrogen and oxygen atoms in total. The Morgan fingerprint density at radius 2 is 1.70 bits per heavy atom. The van der Waals surface area contributed by atoms with Gasteiger partial charge in [0.05, 0.1) is 19.9 Å². The van der Waals surface area contributed by atoms with Crippen LogP contribution < -0.4 is 14.8 Å². The van der Waals surface area contributed by atoms with Gasteiger partial charge in [0, 0.05) is 0 Å². The van der Waals surface area contributed by atoms with E-state index in [0.29, 0.717) is 0 Å². The zero-order valence-electron chi connectivity index (χ0n) is 11.6. The second kappa shape index (κ2) is 6.53. The zero-order chi connectivity index (χ0) is 14.4. The van der Waals surface area contributed by atoms with Crippen LogP contribution in [0.4, 0.5) is 5.69 Å². The van der Waals surface area contributed by atoms with Crippen molar-refractivity contribution in [2.45, 2.75) is 6.04 Å². The topological polar surface area (TPSA) is 30.5 Å². The number of methoxy groups -OCH3 is 2. The van der Waals surface area contributed by atoms with E-state index in [-0.39, 0.29) is 6.04 Å². The third kappa shape index (κ3) is 3.04. The Balaban J connectivity index is 2.22. The predicted molar refractivity (Wildman–Crippen MR) is 81.2 cm³/mol. The van der Waals surface area contributed by atoms with Gasteiger partial charge in [-0.05, 0) is 29.8 Å². The molecule has 0 aliphatic rings. The maximum absolute atomic E-state index is 5.63. The Labute approximate surface area is 119 Å². The summed E-state index contributed by atoms with van der Waals surface area (Å²) in [5, 5.41) is 3.30. The molecule has 0 aromatic heterocycles. The van der Waals surface area contributed by atoms with Gasteiger partial charge in [-0.1, -0.05) is 30.2 Å². The van der Waals surface area contributed by atoms with Crippen molar-refractivity contribution >= 4 is 5.69 Å². The van der Waals surface area contributed by atoms with Crippen LogP contribution in [0.25, 0.3) is 0 Å². The van der Waals surface area contributed by atoms with Crippen molar-refractivity contribution < 1.29 is 9.47 Å². The Morgan fingerprint density at radius 3 is 2.30 bits per heavy atom. The van der Waals surface area contributed by atoms with Crippen molar-refractivity contribution in [3.8, 4) is 23.8 Å². The van der Waals surface area contributed by atoms with Crippen LogP contribution in [0.2, 0.25) is 0 Å². The molecule has 0 aliphatic heterocycles. The molecule has 0 bridgehead atoms. The first kappa shape index (κ1) is 13.8. The van der Waals surface area contributed by atoms with Crippen LogP contribution in [0.5, 0.6) is 11.5 Å². The van der Waals surface area contributed by atoms with Crippen molar-refractivity contribution in [2.24, 2.45) is 0 Å². The minimum Gasteiger partial charge on any atom is -0.497 e. The molecular formula is C17H17NO2. The maximum Gasteiger partial charge on any atom is 0.141 e. The molecule has 0 amide bonds. The van der Waals surface area contributed by atoms with E-state index in [2.05, 4.69) is 11.2 Å². The van der Waals surface area contributed by atoms with Gasteiger partial charge in [0.25, 0.3) is 0 Å². The van der Waals surface area contributed by atoms with E-state index in [4.69, 9.17) is 15.9 Å². The van der Waals surface area contributed by atoms with Gasteiger partial charge in [0.15, 0.2) is 0 Å². The second-order valence-corrected chi connectivity index (χ2v) is 4.22. The fourth-order valence-corrected chi connectivity index (χ4v) is 1.94. The highest BCUT2D eigenvalue weighted by molar-refractivity contribution is 5.58. The number of benzene rings is 2. The number of rotatable bonds is 5. The van der Waals surface area contributed by atoms with E-state index < -0.39 is 0 Å². The summed E-state index contributed by atoms with van der Waals surface area (Å²) in [5.74, 6) is 4.32. The third-order valence-electron chi connectivity index (χ3n) is 3.02. The lowest BCUT2D eigenvalue weighted by atomic mass is 10.1. The SMILES string of the molecule is C#C[C@H](Nc1ccccc1OC)c1ccc(OC)cc1. The number of anilines is 1. The molecule has 1 N–H and O–H groups in total. The normalized spacial score (nSPS) is 11.2. The zero-order valence-corrected chi connectivity index (χ0v) is 11.6. The molecule has 2 aromatic rings. The highest BCUT2D eigenvalue weighted by Gasteiger charge is 2.10. The van der Waals surface area contributed by atoms with E-state index in [1.54, 1.807) is 14.2 Å². The van der Waals surface area contributed by atoms with Gasteiger partial charge >= 0.3 is 0 Å². The minimum absolute atomic E-state index is 0.225. The Bertz CT molecular complexity index is 599. The minimum atomic E-state index is -0.225. The van der Waals surface area contributed by atoms with Gasteiger partial charge < -0.3 is 14.8 Å². The highest BCUT2D eigenvalue weighted by atomic mass is 16.5. The molecule has 2 rings (SSSR count). The van der Waals surface area contributed by atoms with Crippen LogP contribution >= 0.6 is 0 Å². The average molecular weight is 267 g/mol. The quantitative estimate of drug-likeness (QED) is 0.841. The molecule has 0 radical (unpaired) electrons. The number of para-hydroxylation sites is 2. The molecule has 102 valence electrons. The van der Waals surface area contributed by atoms with Crippen molar-refractivity contribution in [1.29, 1.82) is 0 Å². The summed E-state index contributed by atoms with van der Waals surface area (Å²) in [4.78, 5) is 0. The van der Waals surface area contributed by atoms with E-state index in [0.717, 1.165) is 22.7 Å². The van der Waals surface area contributed by atoms with Gasteiger partial charge in [0.2, 0.25) is 0 Å². The lowest BCUT2D eigenvalue weighted by molar-refractivity contribution is 0.414. The summed E-state index contributed by atoms with van der Waals surface area (Å²) >= 11 is 0. The Kier molecular flexibility index (Phi) is 4.52. The maximum atomic E-state index is 5.63. The number of nitrogens with one attached hydrogen (secondary N) is 1. The summed E-state index contributed by atoms with van der Waals surface area (Å²) < 4.78 is 10.5. The number of ether oxygens (including phenoxy) is 2. The first-order valence-electron chi connectivity index (χ1n) is 6.28. The summed E-state index contributed by atoms with van der Waals surface area (Å²) in [5.41, 5.74) is 1.87. The van der Waals surface area contributed by atoms with Crippen LogP contribution in [-0.2, 0) is 0 Å². The molecule has 1 atom stereocenters. The molecule has 3 heteroatoms. The standard InChI is InChI=1S/C17H17NO2/c1-4-15(13-9-11-14(19-2)12-10-13)18-16-7-5-6-8-17(16)20-3/h1,5-12,15,18H,2-3H3/t15-/m0/s1. The summed E-state index contributed by atoms with van der Waals surface area (Å²) in [6, 6.07) is 15.1. The predicted octanol–water partition coefficient (Wildman–Crippen LogP) is 3.49. The number of terminal acetylenes is 1. The van der Waals surface area contributed by atoms with Gasteiger partial charge in [-0.25, -0.2) is 0 Å². The summed E-state index contributed by atoms with van der Waals surface area (Å²) in [7, 11) is 3.28. The van der Waals surface area contributed by atoms with Crippen LogP contribution in [0.1, 0.15) is 11.6 Å². The van der Waals surface area contributed by atoms with Crippen LogP contribution in [0.15, 0.2) is 48.5 Å². The molecule has 0 saturated carbocycles. The molecule has 0 fully saturated rings. The Morgan fingerprint density at radius 1 is 1.00 bits per heavy atom. The average Bonchev–Trinajstić information content (AvgIpc) is 2.53. The van der Waals surface area contributed by atoms with Crippen LogP contribution in [-0.4, -0.2) is 14.2 Å².